The fraction of sp³-hybridized carbons (Fsp3) is 0.0833. The van der Waals surface area contributed by atoms with Gasteiger partial charge < -0.3 is 19.9 Å². The molecule has 148 valence electrons. The number of phenols is 1. The molecule has 1 saturated heterocycles. The number of nitrogens with zero attached hydrogens (tertiary/aromatic N) is 3. The van der Waals surface area contributed by atoms with Gasteiger partial charge in [0, 0.05) is 24.3 Å². The fourth-order valence-electron chi connectivity index (χ4n) is 3.97. The van der Waals surface area contributed by atoms with Crippen molar-refractivity contribution in [1.82, 2.24) is 14.9 Å². The number of aromatic nitrogens is 2. The second-order valence-corrected chi connectivity index (χ2v) is 7.56. The van der Waals surface area contributed by atoms with Gasteiger partial charge >= 0.3 is 0 Å². The Bertz CT molecular complexity index is 1180. The lowest BCUT2D eigenvalue weighted by molar-refractivity contribution is 0.473. The maximum atomic E-state index is 10.5. The molecule has 2 aromatic carbocycles. The highest BCUT2D eigenvalue weighted by molar-refractivity contribution is 7.80. The Hall–Kier alpha value is -3.64. The van der Waals surface area contributed by atoms with Crippen molar-refractivity contribution >= 4 is 23.0 Å². The SMILES string of the molecule is Oc1ccccc1N1C(=S)NC(c2ccccn2)C1c1ccn(-c2ccccc2)c1. The summed E-state index contributed by atoms with van der Waals surface area (Å²) in [6.45, 7) is 0. The summed E-state index contributed by atoms with van der Waals surface area (Å²) >= 11 is 5.71. The van der Waals surface area contributed by atoms with Gasteiger partial charge in [0.2, 0.25) is 0 Å². The third-order valence-corrected chi connectivity index (χ3v) is 5.67. The van der Waals surface area contributed by atoms with Crippen LogP contribution in [0.2, 0.25) is 0 Å². The molecule has 6 heteroatoms. The smallest absolute Gasteiger partial charge is 0.174 e. The molecule has 2 atom stereocenters. The molecule has 2 N–H and O–H groups in total. The average Bonchev–Trinajstić information content (AvgIpc) is 3.40. The van der Waals surface area contributed by atoms with Gasteiger partial charge in [-0.1, -0.05) is 36.4 Å². The lowest BCUT2D eigenvalue weighted by Gasteiger charge is -2.27. The van der Waals surface area contributed by atoms with Crippen LogP contribution in [-0.4, -0.2) is 19.8 Å². The fourth-order valence-corrected chi connectivity index (χ4v) is 4.31. The average molecular weight is 413 g/mol. The van der Waals surface area contributed by atoms with Crippen LogP contribution in [0.25, 0.3) is 5.69 Å². The number of hydrogen-bond donors (Lipinski definition) is 2. The maximum Gasteiger partial charge on any atom is 0.174 e. The van der Waals surface area contributed by atoms with Gasteiger partial charge in [0.15, 0.2) is 5.11 Å². The number of phenolic OH excluding ortho intramolecular Hbond substituents is 1. The van der Waals surface area contributed by atoms with Crippen molar-refractivity contribution in [2.24, 2.45) is 0 Å². The van der Waals surface area contributed by atoms with E-state index in [2.05, 4.69) is 39.3 Å². The largest absolute Gasteiger partial charge is 0.506 e. The Kier molecular flexibility index (Phi) is 4.69. The molecule has 3 heterocycles. The summed E-state index contributed by atoms with van der Waals surface area (Å²) in [6.07, 6.45) is 5.94. The molecule has 30 heavy (non-hydrogen) atoms. The van der Waals surface area contributed by atoms with Crippen molar-refractivity contribution in [1.29, 1.82) is 0 Å². The number of pyridine rings is 1. The Morgan fingerprint density at radius 3 is 2.43 bits per heavy atom. The summed E-state index contributed by atoms with van der Waals surface area (Å²) in [7, 11) is 0. The summed E-state index contributed by atoms with van der Waals surface area (Å²) in [5, 5.41) is 14.5. The summed E-state index contributed by atoms with van der Waals surface area (Å²) in [5.74, 6) is 0.191. The first-order valence-corrected chi connectivity index (χ1v) is 10.1. The molecule has 2 unspecified atom stereocenters. The molecular formula is C24H20N4OS. The summed E-state index contributed by atoms with van der Waals surface area (Å²) in [5.41, 5.74) is 3.73. The lowest BCUT2D eigenvalue weighted by atomic mass is 9.98. The first kappa shape index (κ1) is 18.4. The van der Waals surface area contributed by atoms with E-state index in [-0.39, 0.29) is 17.8 Å². The van der Waals surface area contributed by atoms with Crippen LogP contribution in [0.5, 0.6) is 5.75 Å². The third-order valence-electron chi connectivity index (χ3n) is 5.35. The molecule has 0 aliphatic carbocycles. The molecule has 0 saturated carbocycles. The van der Waals surface area contributed by atoms with E-state index in [1.165, 1.54) is 0 Å². The van der Waals surface area contributed by atoms with E-state index in [1.807, 2.05) is 65.7 Å². The first-order chi connectivity index (χ1) is 14.7. The molecule has 5 rings (SSSR count). The van der Waals surface area contributed by atoms with Crippen LogP contribution in [0.15, 0.2) is 97.5 Å². The summed E-state index contributed by atoms with van der Waals surface area (Å²) < 4.78 is 2.09. The highest BCUT2D eigenvalue weighted by Crippen LogP contribution is 2.44. The van der Waals surface area contributed by atoms with Gasteiger partial charge in [-0.15, -0.1) is 0 Å². The highest BCUT2D eigenvalue weighted by Gasteiger charge is 2.41. The first-order valence-electron chi connectivity index (χ1n) is 9.74. The van der Waals surface area contributed by atoms with Gasteiger partial charge in [0.25, 0.3) is 0 Å². The quantitative estimate of drug-likeness (QED) is 0.474. The zero-order valence-corrected chi connectivity index (χ0v) is 16.9. The second kappa shape index (κ2) is 7.65. The standard InChI is InChI=1S/C24H20N4OS/c29-21-12-5-4-11-20(21)28-23(22(26-24(28)30)19-10-6-7-14-25-19)17-13-15-27(16-17)18-8-2-1-3-9-18/h1-16,22-23,29H,(H,26,30). The maximum absolute atomic E-state index is 10.5. The Morgan fingerprint density at radius 1 is 0.900 bits per heavy atom. The molecular weight excluding hydrogens is 392 g/mol. The summed E-state index contributed by atoms with van der Waals surface area (Å²) in [4.78, 5) is 6.55. The molecule has 0 spiro atoms. The van der Waals surface area contributed by atoms with E-state index in [0.29, 0.717) is 10.8 Å². The third kappa shape index (κ3) is 3.21. The molecule has 1 fully saturated rings. The highest BCUT2D eigenvalue weighted by atomic mass is 32.1. The van der Waals surface area contributed by atoms with Crippen LogP contribution in [0.4, 0.5) is 5.69 Å². The Labute approximate surface area is 180 Å². The minimum absolute atomic E-state index is 0.148. The number of nitrogens with one attached hydrogen (secondary N) is 1. The van der Waals surface area contributed by atoms with Gasteiger partial charge in [-0.25, -0.2) is 0 Å². The van der Waals surface area contributed by atoms with Crippen LogP contribution in [0.3, 0.4) is 0 Å². The second-order valence-electron chi connectivity index (χ2n) is 7.17. The Balaban J connectivity index is 1.62. The van der Waals surface area contributed by atoms with Crippen LogP contribution in [-0.2, 0) is 0 Å². The molecule has 0 bridgehead atoms. The molecule has 0 radical (unpaired) electrons. The number of anilines is 1. The molecule has 4 aromatic rings. The van der Waals surface area contributed by atoms with E-state index >= 15 is 0 Å². The minimum Gasteiger partial charge on any atom is -0.506 e. The monoisotopic (exact) mass is 412 g/mol. The van der Waals surface area contributed by atoms with Gasteiger partial charge in [-0.3, -0.25) is 4.98 Å². The molecule has 2 aromatic heterocycles. The zero-order valence-electron chi connectivity index (χ0n) is 16.1. The molecule has 1 aliphatic rings. The van der Waals surface area contributed by atoms with Crippen LogP contribution >= 0.6 is 12.2 Å². The normalized spacial score (nSPS) is 18.4. The van der Waals surface area contributed by atoms with Gasteiger partial charge in [0.1, 0.15) is 5.75 Å². The van der Waals surface area contributed by atoms with Crippen molar-refractivity contribution in [3.8, 4) is 11.4 Å². The predicted octanol–water partition coefficient (Wildman–Crippen LogP) is 4.76. The van der Waals surface area contributed by atoms with Crippen molar-refractivity contribution < 1.29 is 5.11 Å². The topological polar surface area (TPSA) is 53.3 Å². The van der Waals surface area contributed by atoms with Gasteiger partial charge in [0.05, 0.1) is 23.5 Å². The van der Waals surface area contributed by atoms with Crippen LogP contribution in [0.1, 0.15) is 23.3 Å². The number of para-hydroxylation sites is 3. The van der Waals surface area contributed by atoms with E-state index in [4.69, 9.17) is 12.2 Å². The van der Waals surface area contributed by atoms with Crippen molar-refractivity contribution in [3.63, 3.8) is 0 Å². The van der Waals surface area contributed by atoms with Gasteiger partial charge in [-0.05, 0) is 60.2 Å². The predicted molar refractivity (Wildman–Crippen MR) is 122 cm³/mol. The number of aromatic hydroxyl groups is 1. The van der Waals surface area contributed by atoms with Crippen molar-refractivity contribution in [3.05, 3.63) is 109 Å². The number of hydrogen-bond acceptors (Lipinski definition) is 3. The zero-order chi connectivity index (χ0) is 20.5. The van der Waals surface area contributed by atoms with E-state index in [0.717, 1.165) is 16.9 Å². The van der Waals surface area contributed by atoms with E-state index in [1.54, 1.807) is 12.3 Å². The lowest BCUT2D eigenvalue weighted by Crippen LogP contribution is -2.29. The van der Waals surface area contributed by atoms with Crippen LogP contribution < -0.4 is 10.2 Å². The number of rotatable bonds is 4. The van der Waals surface area contributed by atoms with E-state index < -0.39 is 0 Å². The molecule has 1 aliphatic heterocycles. The van der Waals surface area contributed by atoms with Crippen molar-refractivity contribution in [2.75, 3.05) is 4.90 Å². The Morgan fingerprint density at radius 2 is 1.67 bits per heavy atom. The molecule has 5 nitrogen and oxygen atoms in total. The van der Waals surface area contributed by atoms with E-state index in [9.17, 15) is 5.11 Å². The minimum atomic E-state index is -0.161. The molecule has 0 amide bonds. The van der Waals surface area contributed by atoms with Crippen LogP contribution in [0, 0.1) is 0 Å². The summed E-state index contributed by atoms with van der Waals surface area (Å²) in [6, 6.07) is 25.1. The van der Waals surface area contributed by atoms with Gasteiger partial charge in [-0.2, -0.15) is 0 Å². The van der Waals surface area contributed by atoms with Crippen molar-refractivity contribution in [2.45, 2.75) is 12.1 Å². The number of benzene rings is 2. The number of thiocarbonyl (C=S) groups is 1.